The lowest BCUT2D eigenvalue weighted by Gasteiger charge is -2.03. The Morgan fingerprint density at radius 1 is 0.864 bits per heavy atom. The molecule has 110 valence electrons. The molecule has 1 aliphatic rings. The van der Waals surface area contributed by atoms with Crippen LogP contribution in [0.1, 0.15) is 17.0 Å². The fraction of sp³-hybridized carbons (Fsp3) is 0.0588. The summed E-state index contributed by atoms with van der Waals surface area (Å²) in [6.45, 7) is 0. The molecular weight excluding hydrogens is 323 g/mol. The van der Waals surface area contributed by atoms with Gasteiger partial charge in [-0.3, -0.25) is 9.59 Å². The Kier molecular flexibility index (Phi) is 4.01. The van der Waals surface area contributed by atoms with E-state index in [0.717, 1.165) is 5.56 Å². The molecule has 0 N–H and O–H groups in total. The summed E-state index contributed by atoms with van der Waals surface area (Å²) in [5, 5.41) is 1.13. The smallest absolute Gasteiger partial charge is 0.327 e. The predicted octanol–water partition coefficient (Wildman–Crippen LogP) is 4.24. The van der Waals surface area contributed by atoms with Crippen LogP contribution in [-0.2, 0) is 14.3 Å². The van der Waals surface area contributed by atoms with E-state index in [0.29, 0.717) is 15.6 Å². The number of cyclic esters (lactones) is 1. The number of benzene rings is 2. The van der Waals surface area contributed by atoms with Crippen molar-refractivity contribution in [3.63, 3.8) is 0 Å². The number of rotatable bonds is 2. The SMILES string of the molecule is O=C1OC(=Cc2ccc(Cl)cc2)C(=O)C1c1ccc(Cl)cc1. The van der Waals surface area contributed by atoms with Crippen LogP contribution in [0.15, 0.2) is 54.3 Å². The first-order valence-electron chi connectivity index (χ1n) is 6.53. The van der Waals surface area contributed by atoms with E-state index in [1.54, 1.807) is 48.5 Å². The van der Waals surface area contributed by atoms with E-state index in [1.165, 1.54) is 6.08 Å². The van der Waals surface area contributed by atoms with Crippen molar-refractivity contribution in [2.24, 2.45) is 0 Å². The number of hydrogen-bond donors (Lipinski definition) is 0. The van der Waals surface area contributed by atoms with Crippen LogP contribution in [0.3, 0.4) is 0 Å². The highest BCUT2D eigenvalue weighted by Gasteiger charge is 2.40. The van der Waals surface area contributed by atoms with E-state index in [1.807, 2.05) is 0 Å². The topological polar surface area (TPSA) is 43.4 Å². The number of carbonyl (C=O) groups excluding carboxylic acids is 2. The number of halogens is 2. The first-order chi connectivity index (χ1) is 10.5. The molecule has 0 spiro atoms. The summed E-state index contributed by atoms with van der Waals surface area (Å²) < 4.78 is 5.11. The maximum atomic E-state index is 12.4. The van der Waals surface area contributed by atoms with E-state index in [-0.39, 0.29) is 11.5 Å². The second kappa shape index (κ2) is 5.95. The van der Waals surface area contributed by atoms with Crippen molar-refractivity contribution in [1.82, 2.24) is 0 Å². The fourth-order valence-corrected chi connectivity index (χ4v) is 2.47. The van der Waals surface area contributed by atoms with Crippen molar-refractivity contribution in [2.45, 2.75) is 5.92 Å². The first-order valence-corrected chi connectivity index (χ1v) is 7.29. The van der Waals surface area contributed by atoms with E-state index in [4.69, 9.17) is 27.9 Å². The molecule has 0 radical (unpaired) electrons. The highest BCUT2D eigenvalue weighted by Crippen LogP contribution is 2.31. The molecule has 0 amide bonds. The molecule has 2 aromatic carbocycles. The van der Waals surface area contributed by atoms with Crippen molar-refractivity contribution in [3.8, 4) is 0 Å². The van der Waals surface area contributed by atoms with Crippen LogP contribution < -0.4 is 0 Å². The molecule has 0 bridgehead atoms. The maximum absolute atomic E-state index is 12.4. The zero-order chi connectivity index (χ0) is 15.7. The van der Waals surface area contributed by atoms with Gasteiger partial charge in [-0.1, -0.05) is 47.5 Å². The van der Waals surface area contributed by atoms with Crippen molar-refractivity contribution in [3.05, 3.63) is 75.5 Å². The molecule has 2 aromatic rings. The van der Waals surface area contributed by atoms with Gasteiger partial charge >= 0.3 is 5.97 Å². The zero-order valence-corrected chi connectivity index (χ0v) is 12.8. The number of carbonyl (C=O) groups is 2. The average Bonchev–Trinajstić information content (AvgIpc) is 2.77. The fourth-order valence-electron chi connectivity index (χ4n) is 2.22. The van der Waals surface area contributed by atoms with Gasteiger partial charge in [0.05, 0.1) is 0 Å². The Morgan fingerprint density at radius 2 is 1.41 bits per heavy atom. The molecule has 22 heavy (non-hydrogen) atoms. The van der Waals surface area contributed by atoms with Crippen LogP contribution in [-0.4, -0.2) is 11.8 Å². The van der Waals surface area contributed by atoms with E-state index >= 15 is 0 Å². The molecule has 1 heterocycles. The van der Waals surface area contributed by atoms with Gasteiger partial charge in [0.2, 0.25) is 5.78 Å². The summed E-state index contributed by atoms with van der Waals surface area (Å²) in [6.07, 6.45) is 1.53. The first kappa shape index (κ1) is 14.8. The summed E-state index contributed by atoms with van der Waals surface area (Å²) in [5.74, 6) is -1.84. The normalized spacial score (nSPS) is 19.5. The molecule has 5 heteroatoms. The van der Waals surface area contributed by atoms with E-state index < -0.39 is 11.9 Å². The van der Waals surface area contributed by atoms with Gasteiger partial charge in [0.25, 0.3) is 0 Å². The van der Waals surface area contributed by atoms with Crippen LogP contribution in [0.4, 0.5) is 0 Å². The molecule has 3 rings (SSSR count). The maximum Gasteiger partial charge on any atom is 0.327 e. The molecular formula is C17H10Cl2O3. The Bertz CT molecular complexity index is 761. The van der Waals surface area contributed by atoms with Crippen LogP contribution in [0, 0.1) is 0 Å². The zero-order valence-electron chi connectivity index (χ0n) is 11.3. The Morgan fingerprint density at radius 3 is 2.00 bits per heavy atom. The number of ketones is 1. The third-order valence-corrected chi connectivity index (χ3v) is 3.83. The van der Waals surface area contributed by atoms with Gasteiger partial charge in [0, 0.05) is 10.0 Å². The van der Waals surface area contributed by atoms with Crippen molar-refractivity contribution in [1.29, 1.82) is 0 Å². The summed E-state index contributed by atoms with van der Waals surface area (Å²) in [4.78, 5) is 24.4. The van der Waals surface area contributed by atoms with Crippen LogP contribution >= 0.6 is 23.2 Å². The number of allylic oxidation sites excluding steroid dienone is 1. The van der Waals surface area contributed by atoms with Gasteiger partial charge in [-0.25, -0.2) is 0 Å². The lowest BCUT2D eigenvalue weighted by atomic mass is 9.95. The second-order valence-corrected chi connectivity index (χ2v) is 5.70. The summed E-state index contributed by atoms with van der Waals surface area (Å²) in [5.41, 5.74) is 1.30. The van der Waals surface area contributed by atoms with Gasteiger partial charge in [-0.2, -0.15) is 0 Å². The van der Waals surface area contributed by atoms with Gasteiger partial charge in [-0.15, -0.1) is 0 Å². The van der Waals surface area contributed by atoms with Gasteiger partial charge < -0.3 is 4.74 Å². The standard InChI is InChI=1S/C17H10Cl2O3/c18-12-5-1-10(2-6-12)9-14-16(20)15(17(21)22-14)11-3-7-13(19)8-4-11/h1-9,15H. The molecule has 1 fully saturated rings. The minimum Gasteiger partial charge on any atom is -0.422 e. The van der Waals surface area contributed by atoms with Gasteiger partial charge in [-0.05, 0) is 41.5 Å². The van der Waals surface area contributed by atoms with Gasteiger partial charge in [0.15, 0.2) is 5.76 Å². The minimum atomic E-state index is -0.934. The predicted molar refractivity (Wildman–Crippen MR) is 84.7 cm³/mol. The molecule has 0 aromatic heterocycles. The Hall–Kier alpha value is -2.10. The third-order valence-electron chi connectivity index (χ3n) is 3.32. The summed E-state index contributed by atoms with van der Waals surface area (Å²) in [6, 6.07) is 13.5. The van der Waals surface area contributed by atoms with Crippen molar-refractivity contribution >= 4 is 41.0 Å². The summed E-state index contributed by atoms with van der Waals surface area (Å²) in [7, 11) is 0. The molecule has 1 saturated heterocycles. The third kappa shape index (κ3) is 2.91. The highest BCUT2D eigenvalue weighted by molar-refractivity contribution is 6.31. The molecule has 0 saturated carbocycles. The molecule has 1 aliphatic heterocycles. The van der Waals surface area contributed by atoms with E-state index in [9.17, 15) is 9.59 Å². The quantitative estimate of drug-likeness (QED) is 0.469. The van der Waals surface area contributed by atoms with E-state index in [2.05, 4.69) is 0 Å². The molecule has 3 nitrogen and oxygen atoms in total. The number of ether oxygens (including phenoxy) is 1. The Labute approximate surface area is 137 Å². The summed E-state index contributed by atoms with van der Waals surface area (Å²) >= 11 is 11.6. The minimum absolute atomic E-state index is 0.0345. The largest absolute Gasteiger partial charge is 0.422 e. The Balaban J connectivity index is 1.91. The van der Waals surface area contributed by atoms with Crippen molar-refractivity contribution < 1.29 is 14.3 Å². The lowest BCUT2D eigenvalue weighted by Crippen LogP contribution is -2.12. The number of Topliss-reactive ketones (excluding diaryl/α,β-unsaturated/α-hetero) is 1. The average molecular weight is 333 g/mol. The van der Waals surface area contributed by atoms with Gasteiger partial charge in [0.1, 0.15) is 5.92 Å². The number of hydrogen-bond acceptors (Lipinski definition) is 3. The van der Waals surface area contributed by atoms with Crippen LogP contribution in [0.5, 0.6) is 0 Å². The molecule has 0 aliphatic carbocycles. The van der Waals surface area contributed by atoms with Crippen LogP contribution in [0.25, 0.3) is 6.08 Å². The van der Waals surface area contributed by atoms with Crippen molar-refractivity contribution in [2.75, 3.05) is 0 Å². The highest BCUT2D eigenvalue weighted by atomic mass is 35.5. The molecule has 1 atom stereocenters. The van der Waals surface area contributed by atoms with Crippen LogP contribution in [0.2, 0.25) is 10.0 Å². The number of esters is 1. The second-order valence-electron chi connectivity index (χ2n) is 4.83. The molecule has 1 unspecified atom stereocenters. The monoisotopic (exact) mass is 332 g/mol. The lowest BCUT2D eigenvalue weighted by molar-refractivity contribution is -0.136.